The largest absolute Gasteiger partial charge is 0.468 e. The van der Waals surface area contributed by atoms with Crippen molar-refractivity contribution >= 4 is 29.4 Å². The van der Waals surface area contributed by atoms with Crippen LogP contribution in [0.15, 0.2) is 66.4 Å². The molecule has 2 atom stereocenters. The smallest absolute Gasteiger partial charge is 0.340 e. The van der Waals surface area contributed by atoms with Gasteiger partial charge in [-0.3, -0.25) is 14.5 Å². The first-order chi connectivity index (χ1) is 14.5. The highest BCUT2D eigenvalue weighted by Crippen LogP contribution is 2.37. The molecular weight excluding hydrogens is 410 g/mol. The van der Waals surface area contributed by atoms with Crippen molar-refractivity contribution in [3.63, 3.8) is 0 Å². The summed E-state index contributed by atoms with van der Waals surface area (Å²) in [6.07, 6.45) is 0.364. The zero-order chi connectivity index (χ0) is 21.1. The summed E-state index contributed by atoms with van der Waals surface area (Å²) in [6, 6.07) is 15.5. The van der Waals surface area contributed by atoms with Crippen molar-refractivity contribution in [2.75, 3.05) is 6.61 Å². The zero-order valence-electron chi connectivity index (χ0n) is 15.8. The summed E-state index contributed by atoms with van der Waals surface area (Å²) in [7, 11) is 0. The zero-order valence-corrected chi connectivity index (χ0v) is 16.6. The molecule has 0 aliphatic carbocycles. The standard InChI is InChI=1S/C22H18ClNO6/c23-16-8-4-7-15(12-16)22(27)30-21-17(29-19-13-18(25)24(19)21)9-10-28-20(26)11-14-5-2-1-3-6-14/h1-9,12,19,21H,10-11,13H2/b17-9+/t19-,21+/m1/s1. The van der Waals surface area contributed by atoms with Crippen LogP contribution in [0.3, 0.4) is 0 Å². The van der Waals surface area contributed by atoms with Crippen molar-refractivity contribution in [1.29, 1.82) is 0 Å². The lowest BCUT2D eigenvalue weighted by Crippen LogP contribution is -2.53. The number of hydrogen-bond donors (Lipinski definition) is 0. The molecular formula is C22H18ClNO6. The van der Waals surface area contributed by atoms with Gasteiger partial charge in [0.2, 0.25) is 12.1 Å². The van der Waals surface area contributed by atoms with Gasteiger partial charge in [-0.25, -0.2) is 4.79 Å². The van der Waals surface area contributed by atoms with Gasteiger partial charge in [-0.05, 0) is 29.8 Å². The minimum absolute atomic E-state index is 0.0685. The van der Waals surface area contributed by atoms with Gasteiger partial charge in [-0.1, -0.05) is 48.0 Å². The third kappa shape index (κ3) is 4.31. The second kappa shape index (κ2) is 8.59. The molecule has 0 aromatic heterocycles. The molecule has 154 valence electrons. The molecule has 2 aliphatic rings. The second-order valence-corrected chi connectivity index (χ2v) is 7.23. The van der Waals surface area contributed by atoms with E-state index < -0.39 is 24.4 Å². The highest BCUT2D eigenvalue weighted by atomic mass is 35.5. The molecule has 2 aromatic carbocycles. The number of rotatable bonds is 6. The molecule has 0 spiro atoms. The molecule has 0 unspecified atom stereocenters. The Labute approximate surface area is 177 Å². The molecule has 0 N–H and O–H groups in total. The Morgan fingerprint density at radius 2 is 1.97 bits per heavy atom. The number of benzene rings is 2. The van der Waals surface area contributed by atoms with Gasteiger partial charge in [-0.15, -0.1) is 0 Å². The van der Waals surface area contributed by atoms with Crippen molar-refractivity contribution in [2.45, 2.75) is 25.3 Å². The normalized spacial score (nSPS) is 20.9. The van der Waals surface area contributed by atoms with Gasteiger partial charge >= 0.3 is 11.9 Å². The Kier molecular flexibility index (Phi) is 5.72. The molecule has 30 heavy (non-hydrogen) atoms. The van der Waals surface area contributed by atoms with Crippen LogP contribution in [0.2, 0.25) is 5.02 Å². The third-order valence-corrected chi connectivity index (χ3v) is 4.95. The summed E-state index contributed by atoms with van der Waals surface area (Å²) in [6.45, 7) is -0.0685. The monoisotopic (exact) mass is 427 g/mol. The first-order valence-electron chi connectivity index (χ1n) is 9.35. The van der Waals surface area contributed by atoms with Crippen molar-refractivity contribution in [3.8, 4) is 0 Å². The van der Waals surface area contributed by atoms with E-state index in [4.69, 9.17) is 25.8 Å². The third-order valence-electron chi connectivity index (χ3n) is 4.71. The average molecular weight is 428 g/mol. The van der Waals surface area contributed by atoms with E-state index in [9.17, 15) is 14.4 Å². The summed E-state index contributed by atoms with van der Waals surface area (Å²) in [5.41, 5.74) is 1.10. The Hall–Kier alpha value is -3.32. The van der Waals surface area contributed by atoms with E-state index in [-0.39, 0.29) is 36.7 Å². The quantitative estimate of drug-likeness (QED) is 0.520. The summed E-state index contributed by atoms with van der Waals surface area (Å²) in [5.74, 6) is -0.969. The molecule has 2 aliphatic heterocycles. The van der Waals surface area contributed by atoms with Gasteiger partial charge in [0.05, 0.1) is 18.4 Å². The fourth-order valence-electron chi connectivity index (χ4n) is 3.21. The minimum atomic E-state index is -1.00. The predicted molar refractivity (Wildman–Crippen MR) is 106 cm³/mol. The predicted octanol–water partition coefficient (Wildman–Crippen LogP) is 3.08. The molecule has 4 rings (SSSR count). The van der Waals surface area contributed by atoms with Crippen LogP contribution in [-0.4, -0.2) is 41.8 Å². The van der Waals surface area contributed by atoms with Crippen LogP contribution in [0.4, 0.5) is 0 Å². The van der Waals surface area contributed by atoms with Crippen LogP contribution >= 0.6 is 11.6 Å². The highest BCUT2D eigenvalue weighted by Gasteiger charge is 2.52. The van der Waals surface area contributed by atoms with E-state index in [1.807, 2.05) is 30.3 Å². The lowest BCUT2D eigenvalue weighted by atomic mass is 10.1. The maximum Gasteiger partial charge on any atom is 0.340 e. The molecule has 2 saturated heterocycles. The fraction of sp³-hybridized carbons (Fsp3) is 0.227. The van der Waals surface area contributed by atoms with E-state index >= 15 is 0 Å². The topological polar surface area (TPSA) is 82.1 Å². The summed E-state index contributed by atoms with van der Waals surface area (Å²) in [5, 5.41) is 0.395. The van der Waals surface area contributed by atoms with E-state index in [1.54, 1.807) is 18.2 Å². The summed E-state index contributed by atoms with van der Waals surface area (Å²) < 4.78 is 16.4. The highest BCUT2D eigenvalue weighted by molar-refractivity contribution is 6.30. The Morgan fingerprint density at radius 1 is 1.17 bits per heavy atom. The maximum atomic E-state index is 12.5. The van der Waals surface area contributed by atoms with Crippen molar-refractivity contribution in [1.82, 2.24) is 4.90 Å². The van der Waals surface area contributed by atoms with Crippen LogP contribution in [-0.2, 0) is 30.2 Å². The molecule has 8 heteroatoms. The molecule has 2 aromatic rings. The van der Waals surface area contributed by atoms with Gasteiger partial charge in [-0.2, -0.15) is 0 Å². The van der Waals surface area contributed by atoms with Gasteiger partial charge < -0.3 is 14.2 Å². The molecule has 2 fully saturated rings. The van der Waals surface area contributed by atoms with Crippen LogP contribution in [0.5, 0.6) is 0 Å². The number of esters is 2. The maximum absolute atomic E-state index is 12.5. The Bertz CT molecular complexity index is 1010. The lowest BCUT2D eigenvalue weighted by molar-refractivity contribution is -0.164. The molecule has 0 bridgehead atoms. The fourth-order valence-corrected chi connectivity index (χ4v) is 3.40. The molecule has 1 amide bonds. The number of halogens is 1. The van der Waals surface area contributed by atoms with Crippen LogP contribution in [0, 0.1) is 0 Å². The van der Waals surface area contributed by atoms with Gasteiger partial charge in [0.1, 0.15) is 6.61 Å². The van der Waals surface area contributed by atoms with E-state index in [2.05, 4.69) is 0 Å². The Balaban J connectivity index is 1.40. The molecule has 0 saturated carbocycles. The second-order valence-electron chi connectivity index (χ2n) is 6.80. The first-order valence-corrected chi connectivity index (χ1v) is 9.73. The van der Waals surface area contributed by atoms with Gasteiger partial charge in [0.15, 0.2) is 12.0 Å². The number of hydrogen-bond acceptors (Lipinski definition) is 6. The number of carbonyl (C=O) groups excluding carboxylic acids is 3. The van der Waals surface area contributed by atoms with Crippen LogP contribution in [0.1, 0.15) is 22.3 Å². The summed E-state index contributed by atoms with van der Waals surface area (Å²) >= 11 is 5.92. The Morgan fingerprint density at radius 3 is 2.70 bits per heavy atom. The number of fused-ring (bicyclic) bond motifs is 1. The van der Waals surface area contributed by atoms with E-state index in [0.717, 1.165) is 5.56 Å². The van der Waals surface area contributed by atoms with Crippen LogP contribution < -0.4 is 0 Å². The number of carbonyl (C=O) groups is 3. The van der Waals surface area contributed by atoms with E-state index in [0.29, 0.717) is 5.02 Å². The average Bonchev–Trinajstić information content (AvgIpc) is 2.99. The lowest BCUT2D eigenvalue weighted by Gasteiger charge is -2.33. The summed E-state index contributed by atoms with van der Waals surface area (Å²) in [4.78, 5) is 37.8. The number of amides is 1. The van der Waals surface area contributed by atoms with Gasteiger partial charge in [0.25, 0.3) is 0 Å². The van der Waals surface area contributed by atoms with Crippen molar-refractivity contribution in [2.24, 2.45) is 0 Å². The van der Waals surface area contributed by atoms with E-state index in [1.165, 1.54) is 17.0 Å². The molecule has 0 radical (unpaired) electrons. The van der Waals surface area contributed by atoms with Crippen molar-refractivity contribution in [3.05, 3.63) is 82.6 Å². The SMILES string of the molecule is O=C(Cc1ccccc1)OC/C=C1/O[C@@H]2CC(=O)N2[C@H]1OC(=O)c1cccc(Cl)c1. The number of ether oxygens (including phenoxy) is 3. The van der Waals surface area contributed by atoms with Crippen LogP contribution in [0.25, 0.3) is 0 Å². The first kappa shape index (κ1) is 20.0. The molecule has 7 nitrogen and oxygen atoms in total. The molecule has 2 heterocycles. The van der Waals surface area contributed by atoms with Crippen molar-refractivity contribution < 1.29 is 28.6 Å². The number of β-lactam (4-membered cyclic amide) rings is 1. The van der Waals surface area contributed by atoms with Gasteiger partial charge in [0, 0.05) is 5.02 Å². The minimum Gasteiger partial charge on any atom is -0.468 e. The number of nitrogens with zero attached hydrogens (tertiary/aromatic N) is 1.